The molecule has 2 aromatic heterocycles. The molecule has 5 heteroatoms. The first-order chi connectivity index (χ1) is 8.00. The SMILES string of the molecule is CC.Cc1noc(C)c1C.Cc1noc(C)n1. The number of rotatable bonds is 0. The number of aromatic nitrogens is 3. The Morgan fingerprint density at radius 3 is 1.53 bits per heavy atom. The van der Waals surface area contributed by atoms with Crippen molar-refractivity contribution in [1.29, 1.82) is 0 Å². The van der Waals surface area contributed by atoms with E-state index in [-0.39, 0.29) is 0 Å². The fourth-order valence-corrected chi connectivity index (χ4v) is 0.929. The van der Waals surface area contributed by atoms with E-state index in [1.807, 2.05) is 34.6 Å². The minimum atomic E-state index is 0.623. The maximum absolute atomic E-state index is 4.84. The third-order valence-electron chi connectivity index (χ3n) is 2.02. The summed E-state index contributed by atoms with van der Waals surface area (Å²) in [7, 11) is 0. The van der Waals surface area contributed by atoms with Gasteiger partial charge in [-0.05, 0) is 27.7 Å². The molecular formula is C12H21N3O2. The van der Waals surface area contributed by atoms with Crippen LogP contribution in [0.15, 0.2) is 9.05 Å². The molecule has 0 fully saturated rings. The van der Waals surface area contributed by atoms with Crippen molar-refractivity contribution in [2.45, 2.75) is 48.5 Å². The monoisotopic (exact) mass is 239 g/mol. The quantitative estimate of drug-likeness (QED) is 0.705. The van der Waals surface area contributed by atoms with Crippen molar-refractivity contribution in [3.8, 4) is 0 Å². The highest BCUT2D eigenvalue weighted by atomic mass is 16.5. The normalized spacial score (nSPS) is 8.88. The third kappa shape index (κ3) is 5.29. The predicted molar refractivity (Wildman–Crippen MR) is 65.8 cm³/mol. The van der Waals surface area contributed by atoms with Crippen LogP contribution in [0.3, 0.4) is 0 Å². The second-order valence-corrected chi connectivity index (χ2v) is 3.31. The van der Waals surface area contributed by atoms with Crippen LogP contribution in [0.1, 0.15) is 42.6 Å². The van der Waals surface area contributed by atoms with Crippen molar-refractivity contribution >= 4 is 0 Å². The maximum atomic E-state index is 4.84. The molecule has 0 aliphatic carbocycles. The maximum Gasteiger partial charge on any atom is 0.223 e. The molecule has 0 aromatic carbocycles. The molecule has 17 heavy (non-hydrogen) atoms. The van der Waals surface area contributed by atoms with Gasteiger partial charge in [0.25, 0.3) is 0 Å². The lowest BCUT2D eigenvalue weighted by Gasteiger charge is -1.80. The van der Waals surface area contributed by atoms with E-state index < -0.39 is 0 Å². The third-order valence-corrected chi connectivity index (χ3v) is 2.02. The summed E-state index contributed by atoms with van der Waals surface area (Å²) in [6.45, 7) is 13.4. The summed E-state index contributed by atoms with van der Waals surface area (Å²) < 4.78 is 9.45. The molecule has 0 amide bonds. The Hall–Kier alpha value is -1.65. The Balaban J connectivity index is 0.000000265. The van der Waals surface area contributed by atoms with Gasteiger partial charge in [-0.15, -0.1) is 0 Å². The van der Waals surface area contributed by atoms with E-state index in [0.29, 0.717) is 11.7 Å². The molecule has 0 aliphatic rings. The molecule has 0 unspecified atom stereocenters. The van der Waals surface area contributed by atoms with E-state index in [0.717, 1.165) is 17.0 Å². The molecule has 96 valence electrons. The van der Waals surface area contributed by atoms with Crippen molar-refractivity contribution in [2.24, 2.45) is 0 Å². The minimum absolute atomic E-state index is 0.623. The van der Waals surface area contributed by atoms with E-state index in [9.17, 15) is 0 Å². The van der Waals surface area contributed by atoms with Crippen molar-refractivity contribution in [2.75, 3.05) is 0 Å². The van der Waals surface area contributed by atoms with Crippen LogP contribution in [0.4, 0.5) is 0 Å². The van der Waals surface area contributed by atoms with Crippen molar-refractivity contribution < 1.29 is 9.05 Å². The first-order valence-electron chi connectivity index (χ1n) is 5.67. The van der Waals surface area contributed by atoms with Gasteiger partial charge in [0, 0.05) is 12.5 Å². The summed E-state index contributed by atoms with van der Waals surface area (Å²) in [5.41, 5.74) is 2.15. The molecule has 0 atom stereocenters. The van der Waals surface area contributed by atoms with Gasteiger partial charge in [0.15, 0.2) is 5.82 Å². The molecule has 2 rings (SSSR count). The van der Waals surface area contributed by atoms with Crippen LogP contribution in [0.25, 0.3) is 0 Å². The smallest absolute Gasteiger partial charge is 0.223 e. The Morgan fingerprint density at radius 1 is 0.824 bits per heavy atom. The zero-order valence-electron chi connectivity index (χ0n) is 11.7. The van der Waals surface area contributed by atoms with Crippen LogP contribution in [0, 0.1) is 34.6 Å². The van der Waals surface area contributed by atoms with Crippen molar-refractivity contribution in [3.05, 3.63) is 28.7 Å². The van der Waals surface area contributed by atoms with Gasteiger partial charge in [-0.1, -0.05) is 24.2 Å². The van der Waals surface area contributed by atoms with Gasteiger partial charge in [0.2, 0.25) is 5.89 Å². The number of aryl methyl sites for hydroxylation is 4. The van der Waals surface area contributed by atoms with Crippen LogP contribution in [0.5, 0.6) is 0 Å². The predicted octanol–water partition coefficient (Wildman–Crippen LogP) is 3.31. The van der Waals surface area contributed by atoms with E-state index >= 15 is 0 Å². The Kier molecular flexibility index (Phi) is 6.86. The van der Waals surface area contributed by atoms with Gasteiger partial charge in [-0.2, -0.15) is 4.98 Å². The summed E-state index contributed by atoms with van der Waals surface area (Å²) in [6.07, 6.45) is 0. The summed E-state index contributed by atoms with van der Waals surface area (Å²) >= 11 is 0. The standard InChI is InChI=1S/C6H9NO.C4H6N2O.C2H6/c1-4-5(2)7-8-6(4)3;1-3-5-4(2)7-6-3;1-2/h1-3H3;1-2H3;1-2H3. The lowest BCUT2D eigenvalue weighted by molar-refractivity contribution is 0.389. The van der Waals surface area contributed by atoms with E-state index in [2.05, 4.69) is 19.8 Å². The highest BCUT2D eigenvalue weighted by molar-refractivity contribution is 5.17. The Morgan fingerprint density at radius 2 is 1.41 bits per heavy atom. The van der Waals surface area contributed by atoms with E-state index in [1.165, 1.54) is 0 Å². The Bertz CT molecular complexity index is 397. The summed E-state index contributed by atoms with van der Waals surface area (Å²) in [5, 5.41) is 7.27. The van der Waals surface area contributed by atoms with Crippen molar-refractivity contribution in [3.63, 3.8) is 0 Å². The van der Waals surface area contributed by atoms with Gasteiger partial charge < -0.3 is 9.05 Å². The second kappa shape index (κ2) is 7.60. The van der Waals surface area contributed by atoms with Crippen LogP contribution in [0.2, 0.25) is 0 Å². The van der Waals surface area contributed by atoms with Crippen LogP contribution < -0.4 is 0 Å². The van der Waals surface area contributed by atoms with E-state index in [4.69, 9.17) is 4.52 Å². The fraction of sp³-hybridized carbons (Fsp3) is 0.583. The second-order valence-electron chi connectivity index (χ2n) is 3.31. The van der Waals surface area contributed by atoms with Gasteiger partial charge in [-0.3, -0.25) is 0 Å². The van der Waals surface area contributed by atoms with Gasteiger partial charge in [0.05, 0.1) is 5.69 Å². The molecule has 2 aromatic rings. The molecule has 5 nitrogen and oxygen atoms in total. The molecule has 0 saturated heterocycles. The highest BCUT2D eigenvalue weighted by Gasteiger charge is 1.99. The average molecular weight is 239 g/mol. The molecule has 0 N–H and O–H groups in total. The van der Waals surface area contributed by atoms with Gasteiger partial charge >= 0.3 is 0 Å². The minimum Gasteiger partial charge on any atom is -0.361 e. The molecule has 0 bridgehead atoms. The van der Waals surface area contributed by atoms with Crippen LogP contribution in [-0.2, 0) is 0 Å². The Labute approximate surface area is 102 Å². The first-order valence-corrected chi connectivity index (χ1v) is 5.67. The highest BCUT2D eigenvalue weighted by Crippen LogP contribution is 2.08. The largest absolute Gasteiger partial charge is 0.361 e. The first kappa shape index (κ1) is 15.3. The molecule has 0 aliphatic heterocycles. The van der Waals surface area contributed by atoms with Crippen LogP contribution in [-0.4, -0.2) is 15.3 Å². The number of nitrogens with zero attached hydrogens (tertiary/aromatic N) is 3. The average Bonchev–Trinajstić information content (AvgIpc) is 2.83. The summed E-state index contributed by atoms with van der Waals surface area (Å²) in [4.78, 5) is 3.83. The summed E-state index contributed by atoms with van der Waals surface area (Å²) in [5.74, 6) is 2.23. The zero-order chi connectivity index (χ0) is 13.4. The summed E-state index contributed by atoms with van der Waals surface area (Å²) in [6, 6.07) is 0. The van der Waals surface area contributed by atoms with Gasteiger partial charge in [-0.25, -0.2) is 0 Å². The molecule has 0 saturated carbocycles. The van der Waals surface area contributed by atoms with E-state index in [1.54, 1.807) is 13.8 Å². The topological polar surface area (TPSA) is 65.0 Å². The van der Waals surface area contributed by atoms with Gasteiger partial charge in [0.1, 0.15) is 5.76 Å². The number of hydrogen-bond donors (Lipinski definition) is 0. The molecule has 0 spiro atoms. The van der Waals surface area contributed by atoms with Crippen molar-refractivity contribution in [1.82, 2.24) is 15.3 Å². The van der Waals surface area contributed by atoms with Crippen LogP contribution >= 0.6 is 0 Å². The molecule has 0 radical (unpaired) electrons. The number of hydrogen-bond acceptors (Lipinski definition) is 5. The molecular weight excluding hydrogens is 218 g/mol. The lowest BCUT2D eigenvalue weighted by Crippen LogP contribution is -1.73. The molecule has 2 heterocycles. The fourth-order valence-electron chi connectivity index (χ4n) is 0.929. The lowest BCUT2D eigenvalue weighted by atomic mass is 10.2. The zero-order valence-corrected chi connectivity index (χ0v) is 11.7.